The van der Waals surface area contributed by atoms with Crippen LogP contribution in [0.1, 0.15) is 38.7 Å². The summed E-state index contributed by atoms with van der Waals surface area (Å²) in [6, 6.07) is 9.13. The number of anilines is 1. The van der Waals surface area contributed by atoms with Gasteiger partial charge in [-0.1, -0.05) is 19.1 Å². The molecule has 1 aromatic carbocycles. The van der Waals surface area contributed by atoms with Gasteiger partial charge in [-0.3, -0.25) is 9.69 Å². The Kier molecular flexibility index (Phi) is 9.17. The highest BCUT2D eigenvalue weighted by Gasteiger charge is 2.38. The first-order valence-electron chi connectivity index (χ1n) is 12.1. The molecule has 2 heterocycles. The number of rotatable bonds is 9. The van der Waals surface area contributed by atoms with Gasteiger partial charge >= 0.3 is 0 Å². The summed E-state index contributed by atoms with van der Waals surface area (Å²) in [6.45, 7) is 10.3. The number of morpholine rings is 1. The number of benzene rings is 1. The number of nitrogens with zero attached hydrogens (tertiary/aromatic N) is 3. The van der Waals surface area contributed by atoms with Crippen LogP contribution in [0.4, 0.5) is 5.69 Å². The van der Waals surface area contributed by atoms with Crippen LogP contribution in [-0.2, 0) is 16.0 Å². The van der Waals surface area contributed by atoms with Crippen molar-refractivity contribution in [3.8, 4) is 0 Å². The van der Waals surface area contributed by atoms with Gasteiger partial charge in [0.15, 0.2) is 0 Å². The van der Waals surface area contributed by atoms with E-state index in [1.54, 1.807) is 0 Å². The molecule has 2 aliphatic rings. The molecule has 2 atom stereocenters. The van der Waals surface area contributed by atoms with Crippen LogP contribution in [0.25, 0.3) is 0 Å². The molecule has 0 saturated carbocycles. The van der Waals surface area contributed by atoms with Gasteiger partial charge in [-0.15, -0.1) is 0 Å². The largest absolute Gasteiger partial charge is 0.378 e. The third-order valence-corrected chi connectivity index (χ3v) is 6.80. The lowest BCUT2D eigenvalue weighted by molar-refractivity contribution is -0.145. The summed E-state index contributed by atoms with van der Waals surface area (Å²) in [5.74, 6) is 0.736. The van der Waals surface area contributed by atoms with Crippen LogP contribution < -0.4 is 10.2 Å². The number of nitrogens with one attached hydrogen (secondary N) is 1. The molecule has 0 spiro atoms. The van der Waals surface area contributed by atoms with Crippen molar-refractivity contribution >= 4 is 11.6 Å². The molecule has 0 radical (unpaired) electrons. The van der Waals surface area contributed by atoms with Gasteiger partial charge in [-0.05, 0) is 75.9 Å². The molecule has 6 nitrogen and oxygen atoms in total. The lowest BCUT2D eigenvalue weighted by Gasteiger charge is -2.43. The molecule has 1 N–H and O–H groups in total. The van der Waals surface area contributed by atoms with Crippen molar-refractivity contribution in [2.24, 2.45) is 5.92 Å². The van der Waals surface area contributed by atoms with Crippen molar-refractivity contribution < 1.29 is 9.53 Å². The Hall–Kier alpha value is -1.63. The fourth-order valence-corrected chi connectivity index (χ4v) is 5.03. The molecule has 2 fully saturated rings. The minimum Gasteiger partial charge on any atom is -0.378 e. The second-order valence-corrected chi connectivity index (χ2v) is 9.32. The van der Waals surface area contributed by atoms with Crippen molar-refractivity contribution in [1.29, 1.82) is 0 Å². The van der Waals surface area contributed by atoms with Gasteiger partial charge in [0, 0.05) is 38.9 Å². The molecule has 174 valence electrons. The molecular formula is C25H42N4O2. The Labute approximate surface area is 188 Å². The van der Waals surface area contributed by atoms with E-state index in [4.69, 9.17) is 4.74 Å². The third kappa shape index (κ3) is 6.43. The van der Waals surface area contributed by atoms with Gasteiger partial charge in [-0.25, -0.2) is 0 Å². The van der Waals surface area contributed by atoms with Crippen LogP contribution >= 0.6 is 0 Å². The summed E-state index contributed by atoms with van der Waals surface area (Å²) in [5, 5.41) is 3.48. The number of ether oxygens (including phenoxy) is 1. The Morgan fingerprint density at radius 1 is 1.16 bits per heavy atom. The lowest BCUT2D eigenvalue weighted by atomic mass is 9.86. The summed E-state index contributed by atoms with van der Waals surface area (Å²) < 4.78 is 5.52. The van der Waals surface area contributed by atoms with Crippen molar-refractivity contribution in [3.05, 3.63) is 29.8 Å². The van der Waals surface area contributed by atoms with Crippen LogP contribution in [0.15, 0.2) is 24.3 Å². The molecular weight excluding hydrogens is 388 g/mol. The summed E-state index contributed by atoms with van der Waals surface area (Å²) in [7, 11) is 4.14. The normalized spacial score (nSPS) is 20.0. The van der Waals surface area contributed by atoms with E-state index in [-0.39, 0.29) is 6.04 Å². The lowest BCUT2D eigenvalue weighted by Crippen LogP contribution is -2.58. The van der Waals surface area contributed by atoms with E-state index in [9.17, 15) is 4.79 Å². The van der Waals surface area contributed by atoms with E-state index >= 15 is 0 Å². The van der Waals surface area contributed by atoms with E-state index in [0.717, 1.165) is 58.4 Å². The highest BCUT2D eigenvalue weighted by molar-refractivity contribution is 5.82. The Balaban J connectivity index is 1.80. The number of amides is 1. The maximum atomic E-state index is 13.8. The van der Waals surface area contributed by atoms with Crippen molar-refractivity contribution in [3.63, 3.8) is 0 Å². The predicted octanol–water partition coefficient (Wildman–Crippen LogP) is 2.62. The monoisotopic (exact) mass is 430 g/mol. The van der Waals surface area contributed by atoms with E-state index in [2.05, 4.69) is 72.2 Å². The van der Waals surface area contributed by atoms with Gasteiger partial charge in [0.1, 0.15) is 0 Å². The molecule has 31 heavy (non-hydrogen) atoms. The fraction of sp³-hybridized carbons (Fsp3) is 0.720. The predicted molar refractivity (Wildman–Crippen MR) is 128 cm³/mol. The summed E-state index contributed by atoms with van der Waals surface area (Å²) in [4.78, 5) is 20.5. The topological polar surface area (TPSA) is 48.0 Å². The standard InChI is InChI=1S/C25H42N4O2/c1-5-14-29(20(2)19-21-6-8-23(9-7-21)27(3)4)24(22-10-12-26-13-11-22)25(30)28-15-17-31-18-16-28/h6-9,20,22,24,26H,5,10-19H2,1-4H3. The maximum Gasteiger partial charge on any atom is 0.240 e. The van der Waals surface area contributed by atoms with Crippen LogP contribution in [0, 0.1) is 5.92 Å². The van der Waals surface area contributed by atoms with Gasteiger partial charge in [0.25, 0.3) is 0 Å². The quantitative estimate of drug-likeness (QED) is 0.653. The van der Waals surface area contributed by atoms with E-state index in [1.807, 2.05) is 0 Å². The Bertz CT molecular complexity index is 667. The first kappa shape index (κ1) is 24.0. The molecule has 0 aromatic heterocycles. The number of piperidine rings is 1. The first-order valence-corrected chi connectivity index (χ1v) is 12.1. The number of carbonyl (C=O) groups is 1. The number of carbonyl (C=O) groups excluding carboxylic acids is 1. The number of hydrogen-bond acceptors (Lipinski definition) is 5. The average Bonchev–Trinajstić information content (AvgIpc) is 2.80. The van der Waals surface area contributed by atoms with E-state index < -0.39 is 0 Å². The highest BCUT2D eigenvalue weighted by atomic mass is 16.5. The van der Waals surface area contributed by atoms with Crippen LogP contribution in [0.3, 0.4) is 0 Å². The SMILES string of the molecule is CCCN(C(C)Cc1ccc(N(C)C)cc1)C(C(=O)N1CCOCC1)C1CCNCC1. The second kappa shape index (κ2) is 11.8. The molecule has 3 rings (SSSR count). The minimum atomic E-state index is -0.0313. The summed E-state index contributed by atoms with van der Waals surface area (Å²) >= 11 is 0. The molecule has 2 unspecified atom stereocenters. The van der Waals surface area contributed by atoms with Crippen LogP contribution in [-0.4, -0.2) is 87.8 Å². The van der Waals surface area contributed by atoms with Gasteiger partial charge in [0.2, 0.25) is 5.91 Å². The molecule has 2 saturated heterocycles. The molecule has 0 aliphatic carbocycles. The van der Waals surface area contributed by atoms with Gasteiger partial charge < -0.3 is 19.9 Å². The van der Waals surface area contributed by atoms with Crippen molar-refractivity contribution in [1.82, 2.24) is 15.1 Å². The first-order chi connectivity index (χ1) is 15.0. The number of hydrogen-bond donors (Lipinski definition) is 1. The summed E-state index contributed by atoms with van der Waals surface area (Å²) in [5.41, 5.74) is 2.55. The average molecular weight is 431 g/mol. The zero-order chi connectivity index (χ0) is 22.2. The van der Waals surface area contributed by atoms with Gasteiger partial charge in [-0.2, -0.15) is 0 Å². The maximum absolute atomic E-state index is 13.8. The smallest absolute Gasteiger partial charge is 0.240 e. The van der Waals surface area contributed by atoms with Crippen molar-refractivity contribution in [2.75, 3.05) is 64.9 Å². The zero-order valence-electron chi connectivity index (χ0n) is 20.0. The molecule has 1 aromatic rings. The molecule has 0 bridgehead atoms. The molecule has 2 aliphatic heterocycles. The Morgan fingerprint density at radius 3 is 2.39 bits per heavy atom. The van der Waals surface area contributed by atoms with E-state index in [0.29, 0.717) is 31.1 Å². The third-order valence-electron chi connectivity index (χ3n) is 6.80. The summed E-state index contributed by atoms with van der Waals surface area (Å²) in [6.07, 6.45) is 4.17. The molecule has 1 amide bonds. The Morgan fingerprint density at radius 2 is 1.81 bits per heavy atom. The highest BCUT2D eigenvalue weighted by Crippen LogP contribution is 2.27. The minimum absolute atomic E-state index is 0.0313. The fourth-order valence-electron chi connectivity index (χ4n) is 5.03. The van der Waals surface area contributed by atoms with E-state index in [1.165, 1.54) is 11.3 Å². The zero-order valence-corrected chi connectivity index (χ0v) is 20.0. The van der Waals surface area contributed by atoms with Crippen LogP contribution in [0.2, 0.25) is 0 Å². The van der Waals surface area contributed by atoms with Crippen LogP contribution in [0.5, 0.6) is 0 Å². The van der Waals surface area contributed by atoms with Gasteiger partial charge in [0.05, 0.1) is 19.3 Å². The second-order valence-electron chi connectivity index (χ2n) is 9.32. The molecule has 6 heteroatoms. The van der Waals surface area contributed by atoms with Crippen molar-refractivity contribution in [2.45, 2.75) is 51.6 Å².